The fourth-order valence-corrected chi connectivity index (χ4v) is 5.21. The summed E-state index contributed by atoms with van der Waals surface area (Å²) in [6.07, 6.45) is 47.8. The van der Waals surface area contributed by atoms with E-state index in [0.29, 0.717) is 0 Å². The molecule has 0 aromatic rings. The quantitative estimate of drug-likeness (QED) is 0.0544. The van der Waals surface area contributed by atoms with Crippen LogP contribution in [0.4, 0.5) is 0 Å². The van der Waals surface area contributed by atoms with Gasteiger partial charge < -0.3 is 14.7 Å². The molecule has 0 atom stereocenters. The molecule has 0 aliphatic rings. The molecule has 43 heavy (non-hydrogen) atoms. The van der Waals surface area contributed by atoms with Gasteiger partial charge in [0, 0.05) is 0 Å². The third-order valence-electron chi connectivity index (χ3n) is 8.12. The highest BCUT2D eigenvalue weighted by molar-refractivity contribution is 7.38. The molecular weight excluding hydrogens is 547 g/mol. The Morgan fingerprint density at radius 2 is 0.279 bits per heavy atom. The molecule has 0 bridgehead atoms. The van der Waals surface area contributed by atoms with E-state index in [1.54, 1.807) is 0 Å². The van der Waals surface area contributed by atoms with E-state index in [-0.39, 0.29) is 0 Å². The van der Waals surface area contributed by atoms with Crippen LogP contribution in [0, 0.1) is 0 Å². The predicted molar refractivity (Wildman–Crippen MR) is 200 cm³/mol. The van der Waals surface area contributed by atoms with Crippen LogP contribution in [-0.4, -0.2) is 14.7 Å². The molecule has 0 rings (SSSR count). The Kier molecular flexibility index (Phi) is 63.9. The highest BCUT2D eigenvalue weighted by Crippen LogP contribution is 2.13. The molecular formula is C39H87O3P. The van der Waals surface area contributed by atoms with E-state index in [1.807, 2.05) is 0 Å². The molecule has 0 spiro atoms. The average Bonchev–Trinajstić information content (AvgIpc) is 2.99. The van der Waals surface area contributed by atoms with E-state index in [0.717, 1.165) is 0 Å². The Bertz CT molecular complexity index is 308. The molecule has 4 heteroatoms. The number of hydrogen-bond donors (Lipinski definition) is 3. The first-order valence-electron chi connectivity index (χ1n) is 19.8. The van der Waals surface area contributed by atoms with Gasteiger partial charge in [-0.25, -0.2) is 0 Å². The van der Waals surface area contributed by atoms with Crippen molar-refractivity contribution >= 4 is 8.60 Å². The number of hydrogen-bond acceptors (Lipinski definition) is 3. The van der Waals surface area contributed by atoms with Gasteiger partial charge in [-0.05, 0) is 0 Å². The predicted octanol–water partition coefficient (Wildman–Crippen LogP) is 15.1. The second kappa shape index (κ2) is 54.8. The lowest BCUT2D eigenvalue weighted by Crippen LogP contribution is -1.80. The Hall–Kier alpha value is 0.310. The van der Waals surface area contributed by atoms with Crippen molar-refractivity contribution in [3.63, 3.8) is 0 Å². The lowest BCUT2D eigenvalue weighted by molar-refractivity contribution is 0.368. The molecule has 0 aliphatic heterocycles. The van der Waals surface area contributed by atoms with Crippen LogP contribution in [0.5, 0.6) is 0 Å². The van der Waals surface area contributed by atoms with Gasteiger partial charge in [-0.1, -0.05) is 253 Å². The second-order valence-electron chi connectivity index (χ2n) is 12.8. The van der Waals surface area contributed by atoms with Crippen LogP contribution in [0.3, 0.4) is 0 Å². The highest BCUT2D eigenvalue weighted by Gasteiger charge is 1.93. The Morgan fingerprint density at radius 3 is 0.349 bits per heavy atom. The zero-order valence-corrected chi connectivity index (χ0v) is 32.0. The maximum Gasteiger partial charge on any atom is 0.324 e. The average molecular weight is 635 g/mol. The first-order valence-corrected chi connectivity index (χ1v) is 21.0. The van der Waals surface area contributed by atoms with Gasteiger partial charge in [-0.15, -0.1) is 0 Å². The van der Waals surface area contributed by atoms with E-state index < -0.39 is 8.60 Å². The van der Waals surface area contributed by atoms with Crippen molar-refractivity contribution < 1.29 is 14.7 Å². The number of rotatable bonds is 30. The fourth-order valence-electron chi connectivity index (χ4n) is 5.21. The van der Waals surface area contributed by atoms with Crippen LogP contribution in [0.2, 0.25) is 0 Å². The zero-order valence-electron chi connectivity index (χ0n) is 31.1. The van der Waals surface area contributed by atoms with Crippen molar-refractivity contribution in [2.45, 2.75) is 253 Å². The van der Waals surface area contributed by atoms with Crippen molar-refractivity contribution in [3.05, 3.63) is 0 Å². The Balaban J connectivity index is -0.000000249. The lowest BCUT2D eigenvalue weighted by atomic mass is 10.1. The maximum absolute atomic E-state index is 7.23. The van der Waals surface area contributed by atoms with Crippen LogP contribution in [-0.2, 0) is 0 Å². The first kappa shape index (κ1) is 50.2. The summed E-state index contributed by atoms with van der Waals surface area (Å²) in [4.78, 5) is 21.7. The topological polar surface area (TPSA) is 60.7 Å². The summed E-state index contributed by atoms with van der Waals surface area (Å²) in [6.45, 7) is 13.7. The molecule has 0 saturated heterocycles. The summed E-state index contributed by atoms with van der Waals surface area (Å²) in [5.41, 5.74) is 0. The molecule has 0 aliphatic carbocycles. The Labute approximate surface area is 276 Å². The summed E-state index contributed by atoms with van der Waals surface area (Å²) >= 11 is 0. The van der Waals surface area contributed by atoms with Crippen LogP contribution in [0.15, 0.2) is 0 Å². The molecule has 3 N–H and O–H groups in total. The van der Waals surface area contributed by atoms with E-state index in [1.165, 1.54) is 212 Å². The van der Waals surface area contributed by atoms with Gasteiger partial charge in [-0.2, -0.15) is 0 Å². The van der Waals surface area contributed by atoms with Gasteiger partial charge in [0.1, 0.15) is 0 Å². The highest BCUT2D eigenvalue weighted by atomic mass is 31.2. The monoisotopic (exact) mass is 635 g/mol. The molecule has 0 aromatic heterocycles. The normalized spacial score (nSPS) is 10.5. The minimum atomic E-state index is -2.62. The Morgan fingerprint density at radius 1 is 0.209 bits per heavy atom. The molecule has 0 amide bonds. The summed E-state index contributed by atoms with van der Waals surface area (Å²) in [5.74, 6) is 0. The smallest absolute Gasteiger partial charge is 0.324 e. The molecule has 266 valence electrons. The van der Waals surface area contributed by atoms with E-state index in [9.17, 15) is 0 Å². The molecule has 0 radical (unpaired) electrons. The van der Waals surface area contributed by atoms with Crippen LogP contribution >= 0.6 is 8.60 Å². The van der Waals surface area contributed by atoms with E-state index >= 15 is 0 Å². The SMILES string of the molecule is CCCCCCCCCCCCC.CCCCCCCCCCCCC.CCCCCCCCCCCCC.OP(O)O. The first-order chi connectivity index (χ1) is 21.0. The molecule has 0 unspecified atom stereocenters. The third kappa shape index (κ3) is 74.8. The van der Waals surface area contributed by atoms with Crippen LogP contribution in [0.1, 0.15) is 253 Å². The molecule has 3 nitrogen and oxygen atoms in total. The maximum atomic E-state index is 7.23. The minimum absolute atomic E-state index is 1.37. The van der Waals surface area contributed by atoms with Gasteiger partial charge in [0.2, 0.25) is 0 Å². The van der Waals surface area contributed by atoms with Gasteiger partial charge in [0.05, 0.1) is 0 Å². The molecule has 0 heterocycles. The van der Waals surface area contributed by atoms with Crippen LogP contribution < -0.4 is 0 Å². The van der Waals surface area contributed by atoms with Crippen molar-refractivity contribution in [1.29, 1.82) is 0 Å². The second-order valence-corrected chi connectivity index (χ2v) is 13.4. The van der Waals surface area contributed by atoms with Gasteiger partial charge in [-0.3, -0.25) is 0 Å². The van der Waals surface area contributed by atoms with Gasteiger partial charge >= 0.3 is 8.60 Å². The van der Waals surface area contributed by atoms with Crippen molar-refractivity contribution in [1.82, 2.24) is 0 Å². The molecule has 0 aromatic carbocycles. The third-order valence-corrected chi connectivity index (χ3v) is 8.12. The van der Waals surface area contributed by atoms with Crippen molar-refractivity contribution in [3.8, 4) is 0 Å². The minimum Gasteiger partial charge on any atom is -0.328 e. The zero-order chi connectivity index (χ0) is 32.9. The van der Waals surface area contributed by atoms with Crippen LogP contribution in [0.25, 0.3) is 0 Å². The molecule has 0 saturated carbocycles. The number of unbranched alkanes of at least 4 members (excludes halogenated alkanes) is 30. The van der Waals surface area contributed by atoms with Crippen molar-refractivity contribution in [2.24, 2.45) is 0 Å². The van der Waals surface area contributed by atoms with Gasteiger partial charge in [0.25, 0.3) is 0 Å². The van der Waals surface area contributed by atoms with E-state index in [4.69, 9.17) is 14.7 Å². The van der Waals surface area contributed by atoms with Gasteiger partial charge in [0.15, 0.2) is 0 Å². The van der Waals surface area contributed by atoms with E-state index in [2.05, 4.69) is 41.5 Å². The molecule has 0 fully saturated rings. The summed E-state index contributed by atoms with van der Waals surface area (Å²) in [5, 5.41) is 0. The fraction of sp³-hybridized carbons (Fsp3) is 1.00. The lowest BCUT2D eigenvalue weighted by Gasteiger charge is -2.00. The summed E-state index contributed by atoms with van der Waals surface area (Å²) < 4.78 is 0. The standard InChI is InChI=1S/3C13H28.H3O3P/c3*1-3-5-7-9-11-13-12-10-8-6-4-2;1-4(2)3/h3*3-13H2,1-2H3;1-3H. The summed E-state index contributed by atoms with van der Waals surface area (Å²) in [7, 11) is -2.62. The van der Waals surface area contributed by atoms with Crippen molar-refractivity contribution in [2.75, 3.05) is 0 Å². The largest absolute Gasteiger partial charge is 0.328 e. The summed E-state index contributed by atoms with van der Waals surface area (Å²) in [6, 6.07) is 0.